The molecule has 0 spiro atoms. The Bertz CT molecular complexity index is 1040. The van der Waals surface area contributed by atoms with E-state index in [1.165, 1.54) is 16.9 Å². The molecular weight excluding hydrogens is 396 g/mol. The number of halogens is 1. The number of hydrogen-bond acceptors (Lipinski definition) is 4. The van der Waals surface area contributed by atoms with Crippen LogP contribution in [0.4, 0.5) is 15.6 Å². The smallest absolute Gasteiger partial charge is 0.325 e. The number of carbonyl (C=O) groups is 2. The maximum atomic E-state index is 12.8. The standard InChI is InChI=1S/C20H17ClN4O2S/c21-15-6-3-7-16(10-15)22-19(27)24-20-23-17(12-28-20)18(26)25-9-8-13-4-1-2-5-14(13)11-25/h1-7,10,12H,8-9,11H2,(H2,22,23,24,27). The van der Waals surface area contributed by atoms with Crippen LogP contribution < -0.4 is 10.6 Å². The van der Waals surface area contributed by atoms with Crippen molar-refractivity contribution in [3.63, 3.8) is 0 Å². The first-order valence-corrected chi connectivity index (χ1v) is 9.99. The van der Waals surface area contributed by atoms with Gasteiger partial charge in [0.15, 0.2) is 5.13 Å². The Kier molecular flexibility index (Phi) is 5.27. The summed E-state index contributed by atoms with van der Waals surface area (Å²) in [6, 6.07) is 14.5. The molecule has 2 N–H and O–H groups in total. The molecule has 0 unspecified atom stereocenters. The minimum absolute atomic E-state index is 0.131. The molecule has 0 saturated carbocycles. The van der Waals surface area contributed by atoms with Gasteiger partial charge in [-0.25, -0.2) is 9.78 Å². The second-order valence-corrected chi connectivity index (χ2v) is 7.67. The number of nitrogens with one attached hydrogen (secondary N) is 2. The van der Waals surface area contributed by atoms with Crippen LogP contribution in [0, 0.1) is 0 Å². The van der Waals surface area contributed by atoms with E-state index >= 15 is 0 Å². The summed E-state index contributed by atoms with van der Waals surface area (Å²) < 4.78 is 0. The highest BCUT2D eigenvalue weighted by Gasteiger charge is 2.23. The number of hydrogen-bond donors (Lipinski definition) is 2. The van der Waals surface area contributed by atoms with Gasteiger partial charge in [-0.1, -0.05) is 41.9 Å². The number of carbonyl (C=O) groups excluding carboxylic acids is 2. The molecule has 8 heteroatoms. The van der Waals surface area contributed by atoms with Gasteiger partial charge < -0.3 is 10.2 Å². The fraction of sp³-hybridized carbons (Fsp3) is 0.150. The number of fused-ring (bicyclic) bond motifs is 1. The summed E-state index contributed by atoms with van der Waals surface area (Å²) in [6.45, 7) is 1.23. The highest BCUT2D eigenvalue weighted by atomic mass is 35.5. The predicted molar refractivity (Wildman–Crippen MR) is 111 cm³/mol. The first-order valence-electron chi connectivity index (χ1n) is 8.73. The van der Waals surface area contributed by atoms with E-state index in [4.69, 9.17) is 11.6 Å². The van der Waals surface area contributed by atoms with Crippen LogP contribution in [0.15, 0.2) is 53.9 Å². The first-order chi connectivity index (χ1) is 13.6. The van der Waals surface area contributed by atoms with Crippen LogP contribution in [0.1, 0.15) is 21.6 Å². The summed E-state index contributed by atoms with van der Waals surface area (Å²) in [5.74, 6) is -0.131. The summed E-state index contributed by atoms with van der Waals surface area (Å²) in [4.78, 5) is 30.9. The van der Waals surface area contributed by atoms with Crippen LogP contribution in [0.25, 0.3) is 0 Å². The van der Waals surface area contributed by atoms with Crippen molar-refractivity contribution >= 4 is 45.7 Å². The van der Waals surface area contributed by atoms with Crippen molar-refractivity contribution in [3.05, 3.63) is 75.8 Å². The molecule has 0 saturated heterocycles. The van der Waals surface area contributed by atoms with E-state index in [0.29, 0.717) is 34.6 Å². The van der Waals surface area contributed by atoms with Crippen molar-refractivity contribution in [2.75, 3.05) is 17.2 Å². The molecule has 1 aliphatic rings. The lowest BCUT2D eigenvalue weighted by Gasteiger charge is -2.28. The molecule has 0 radical (unpaired) electrons. The number of benzene rings is 2. The van der Waals surface area contributed by atoms with Crippen LogP contribution >= 0.6 is 22.9 Å². The Balaban J connectivity index is 1.39. The Morgan fingerprint density at radius 1 is 1.07 bits per heavy atom. The van der Waals surface area contributed by atoms with E-state index in [1.807, 2.05) is 18.2 Å². The lowest BCUT2D eigenvalue weighted by molar-refractivity contribution is 0.0729. The number of amides is 3. The molecule has 142 valence electrons. The summed E-state index contributed by atoms with van der Waals surface area (Å²) in [6.07, 6.45) is 0.833. The van der Waals surface area contributed by atoms with Crippen molar-refractivity contribution < 1.29 is 9.59 Å². The molecule has 0 atom stereocenters. The zero-order chi connectivity index (χ0) is 19.5. The highest BCUT2D eigenvalue weighted by Crippen LogP contribution is 2.23. The van der Waals surface area contributed by atoms with Crippen molar-refractivity contribution in [1.29, 1.82) is 0 Å². The largest absolute Gasteiger partial charge is 0.333 e. The lowest BCUT2D eigenvalue weighted by atomic mass is 10.00. The second-order valence-electron chi connectivity index (χ2n) is 6.37. The van der Waals surface area contributed by atoms with Gasteiger partial charge in [0.2, 0.25) is 0 Å². The zero-order valence-electron chi connectivity index (χ0n) is 14.8. The van der Waals surface area contributed by atoms with Crippen LogP contribution in [-0.4, -0.2) is 28.4 Å². The molecule has 1 aromatic heterocycles. The lowest BCUT2D eigenvalue weighted by Crippen LogP contribution is -2.36. The monoisotopic (exact) mass is 412 g/mol. The van der Waals surface area contributed by atoms with E-state index in [2.05, 4.69) is 21.7 Å². The van der Waals surface area contributed by atoms with E-state index in [0.717, 1.165) is 12.0 Å². The fourth-order valence-corrected chi connectivity index (χ4v) is 3.96. The molecule has 2 aromatic carbocycles. The maximum Gasteiger partial charge on any atom is 0.325 e. The summed E-state index contributed by atoms with van der Waals surface area (Å²) in [5, 5.41) is 7.88. The zero-order valence-corrected chi connectivity index (χ0v) is 16.4. The van der Waals surface area contributed by atoms with E-state index in [9.17, 15) is 9.59 Å². The summed E-state index contributed by atoms with van der Waals surface area (Å²) >= 11 is 7.12. The van der Waals surface area contributed by atoms with Gasteiger partial charge in [-0.3, -0.25) is 10.1 Å². The third-order valence-corrected chi connectivity index (χ3v) is 5.44. The van der Waals surface area contributed by atoms with Gasteiger partial charge in [-0.05, 0) is 35.7 Å². The second kappa shape index (κ2) is 8.00. The Labute approximate surface area is 171 Å². The third kappa shape index (κ3) is 4.16. The van der Waals surface area contributed by atoms with Crippen molar-refractivity contribution in [1.82, 2.24) is 9.88 Å². The predicted octanol–water partition coefficient (Wildman–Crippen LogP) is 4.64. The molecule has 3 amide bonds. The van der Waals surface area contributed by atoms with Gasteiger partial charge in [-0.2, -0.15) is 0 Å². The average Bonchev–Trinajstić information content (AvgIpc) is 3.15. The molecule has 0 aliphatic carbocycles. The van der Waals surface area contributed by atoms with Gasteiger partial charge >= 0.3 is 6.03 Å². The number of thiazole rings is 1. The first kappa shape index (κ1) is 18.5. The van der Waals surface area contributed by atoms with Gasteiger partial charge in [-0.15, -0.1) is 11.3 Å². The van der Waals surface area contributed by atoms with Gasteiger partial charge in [0.25, 0.3) is 5.91 Å². The van der Waals surface area contributed by atoms with Crippen molar-refractivity contribution in [2.45, 2.75) is 13.0 Å². The quantitative estimate of drug-likeness (QED) is 0.658. The van der Waals surface area contributed by atoms with Crippen LogP contribution in [0.5, 0.6) is 0 Å². The Morgan fingerprint density at radius 3 is 2.71 bits per heavy atom. The Morgan fingerprint density at radius 2 is 1.89 bits per heavy atom. The third-order valence-electron chi connectivity index (χ3n) is 4.44. The summed E-state index contributed by atoms with van der Waals surface area (Å²) in [5.41, 5.74) is 3.36. The van der Waals surface area contributed by atoms with Crippen LogP contribution in [0.3, 0.4) is 0 Å². The minimum atomic E-state index is -0.442. The van der Waals surface area contributed by atoms with Crippen LogP contribution in [0.2, 0.25) is 5.02 Å². The maximum absolute atomic E-state index is 12.8. The Hall–Kier alpha value is -2.90. The summed E-state index contributed by atoms with van der Waals surface area (Å²) in [7, 11) is 0. The van der Waals surface area contributed by atoms with Crippen LogP contribution in [-0.2, 0) is 13.0 Å². The average molecular weight is 413 g/mol. The fourth-order valence-electron chi connectivity index (χ4n) is 3.09. The molecule has 1 aliphatic heterocycles. The number of urea groups is 1. The number of anilines is 2. The minimum Gasteiger partial charge on any atom is -0.333 e. The molecule has 0 bridgehead atoms. The molecule has 0 fully saturated rings. The van der Waals surface area contributed by atoms with Gasteiger partial charge in [0.1, 0.15) is 5.69 Å². The van der Waals surface area contributed by atoms with E-state index in [1.54, 1.807) is 34.5 Å². The topological polar surface area (TPSA) is 74.3 Å². The SMILES string of the molecule is O=C(Nc1cccc(Cl)c1)Nc1nc(C(=O)N2CCc3ccccc3C2)cs1. The van der Waals surface area contributed by atoms with Crippen molar-refractivity contribution in [3.8, 4) is 0 Å². The molecule has 2 heterocycles. The van der Waals surface area contributed by atoms with Gasteiger partial charge in [0, 0.05) is 29.2 Å². The van der Waals surface area contributed by atoms with E-state index < -0.39 is 6.03 Å². The van der Waals surface area contributed by atoms with Crippen molar-refractivity contribution in [2.24, 2.45) is 0 Å². The molecule has 6 nitrogen and oxygen atoms in total. The molecule has 3 aromatic rings. The molecule has 4 rings (SSSR count). The normalized spacial score (nSPS) is 13.0. The van der Waals surface area contributed by atoms with E-state index in [-0.39, 0.29) is 5.91 Å². The highest BCUT2D eigenvalue weighted by molar-refractivity contribution is 7.14. The molecular formula is C20H17ClN4O2S. The number of aromatic nitrogens is 1. The van der Waals surface area contributed by atoms with Gasteiger partial charge in [0.05, 0.1) is 0 Å². The number of nitrogens with zero attached hydrogens (tertiary/aromatic N) is 2. The number of rotatable bonds is 3. The molecule has 28 heavy (non-hydrogen) atoms.